The molecule has 0 bridgehead atoms. The van der Waals surface area contributed by atoms with E-state index in [0.717, 1.165) is 5.56 Å². The summed E-state index contributed by atoms with van der Waals surface area (Å²) in [6.45, 7) is 3.16. The smallest absolute Gasteiger partial charge is 0.269 e. The van der Waals surface area contributed by atoms with Crippen LogP contribution in [0.5, 0.6) is 0 Å². The van der Waals surface area contributed by atoms with Crippen LogP contribution in [-0.4, -0.2) is 54.5 Å². The van der Waals surface area contributed by atoms with Crippen molar-refractivity contribution in [2.24, 2.45) is 0 Å². The molecule has 3 rings (SSSR count). The number of nitrogens with zero attached hydrogens (tertiary/aromatic N) is 2. The van der Waals surface area contributed by atoms with Gasteiger partial charge in [-0.25, -0.2) is 12.7 Å². The number of carbonyl (C=O) groups is 3. The molecule has 1 atom stereocenters. The first kappa shape index (κ1) is 21.5. The first-order valence-corrected chi connectivity index (χ1v) is 11.0. The van der Waals surface area contributed by atoms with Crippen LogP contribution in [-0.2, 0) is 26.2 Å². The van der Waals surface area contributed by atoms with Crippen LogP contribution in [0, 0.1) is 0 Å². The molecule has 30 heavy (non-hydrogen) atoms. The number of hydrogen-bond donors (Lipinski definition) is 1. The first-order chi connectivity index (χ1) is 14.3. The number of fused-ring (bicyclic) bond motifs is 1. The van der Waals surface area contributed by atoms with Crippen LogP contribution in [0.2, 0.25) is 0 Å². The summed E-state index contributed by atoms with van der Waals surface area (Å²) < 4.78 is 26.1. The highest BCUT2D eigenvalue weighted by molar-refractivity contribution is 7.90. The summed E-state index contributed by atoms with van der Waals surface area (Å²) >= 11 is 0. The number of likely N-dealkylation sites (N-methyl/N-ethyl adjacent to an activating group) is 1. The molecule has 0 saturated heterocycles. The molecule has 1 aliphatic heterocycles. The number of amides is 3. The van der Waals surface area contributed by atoms with Gasteiger partial charge in [-0.05, 0) is 31.5 Å². The lowest BCUT2D eigenvalue weighted by molar-refractivity contribution is -0.140. The molecule has 0 aliphatic carbocycles. The van der Waals surface area contributed by atoms with E-state index in [-0.39, 0.29) is 22.9 Å². The van der Waals surface area contributed by atoms with Crippen molar-refractivity contribution >= 4 is 27.7 Å². The molecule has 2 aromatic rings. The Kier molecular flexibility index (Phi) is 6.21. The lowest BCUT2D eigenvalue weighted by Gasteiger charge is -2.30. The quantitative estimate of drug-likeness (QED) is 0.716. The Labute approximate surface area is 175 Å². The summed E-state index contributed by atoms with van der Waals surface area (Å²) in [6, 6.07) is 14.0. The number of carbonyl (C=O) groups excluding carboxylic acids is 3. The van der Waals surface area contributed by atoms with Crippen LogP contribution in [0.25, 0.3) is 0 Å². The highest BCUT2D eigenvalue weighted by atomic mass is 32.2. The minimum atomic E-state index is -4.12. The minimum absolute atomic E-state index is 0.0386. The molecule has 1 aliphatic rings. The molecule has 9 heteroatoms. The van der Waals surface area contributed by atoms with Crippen LogP contribution < -0.4 is 5.32 Å². The van der Waals surface area contributed by atoms with E-state index in [1.165, 1.54) is 23.1 Å². The van der Waals surface area contributed by atoms with E-state index < -0.39 is 34.4 Å². The highest BCUT2D eigenvalue weighted by Crippen LogP contribution is 2.30. The maximum absolute atomic E-state index is 13.1. The predicted octanol–water partition coefficient (Wildman–Crippen LogP) is 1.38. The standard InChI is InChI=1S/C21H23N3O5S/c1-3-22-20(26)15(2)23(13-16-9-5-4-6-10-16)19(25)14-24-21(27)17-11-7-8-12-18(17)30(24,28)29/h4-12,15H,3,13-14H2,1-2H3,(H,22,26). The second-order valence-corrected chi connectivity index (χ2v) is 8.72. The summed E-state index contributed by atoms with van der Waals surface area (Å²) in [5.41, 5.74) is 0.817. The van der Waals surface area contributed by atoms with Gasteiger partial charge in [-0.2, -0.15) is 0 Å². The van der Waals surface area contributed by atoms with Gasteiger partial charge < -0.3 is 10.2 Å². The number of benzene rings is 2. The van der Waals surface area contributed by atoms with Crippen LogP contribution in [0.3, 0.4) is 0 Å². The molecular formula is C21H23N3O5S. The van der Waals surface area contributed by atoms with Gasteiger partial charge >= 0.3 is 0 Å². The van der Waals surface area contributed by atoms with Gasteiger partial charge in [-0.1, -0.05) is 42.5 Å². The Morgan fingerprint density at radius 2 is 1.70 bits per heavy atom. The van der Waals surface area contributed by atoms with Crippen LogP contribution in [0.15, 0.2) is 59.5 Å². The number of rotatable bonds is 7. The zero-order chi connectivity index (χ0) is 21.9. The Balaban J connectivity index is 1.88. The topological polar surface area (TPSA) is 104 Å². The van der Waals surface area contributed by atoms with Gasteiger partial charge in [-0.3, -0.25) is 14.4 Å². The molecule has 2 aromatic carbocycles. The SMILES string of the molecule is CCNC(=O)C(C)N(Cc1ccccc1)C(=O)CN1C(=O)c2ccccc2S1(=O)=O. The lowest BCUT2D eigenvalue weighted by Crippen LogP contribution is -2.51. The second-order valence-electron chi connectivity index (χ2n) is 6.89. The molecule has 0 spiro atoms. The van der Waals surface area contributed by atoms with Crippen LogP contribution in [0.1, 0.15) is 29.8 Å². The third-order valence-electron chi connectivity index (χ3n) is 4.90. The van der Waals surface area contributed by atoms with E-state index in [0.29, 0.717) is 10.8 Å². The molecule has 158 valence electrons. The van der Waals surface area contributed by atoms with E-state index >= 15 is 0 Å². The largest absolute Gasteiger partial charge is 0.355 e. The summed E-state index contributed by atoms with van der Waals surface area (Å²) in [5.74, 6) is -1.74. The molecule has 0 aromatic heterocycles. The Morgan fingerprint density at radius 1 is 1.07 bits per heavy atom. The van der Waals surface area contributed by atoms with Crippen molar-refractivity contribution in [3.8, 4) is 0 Å². The number of nitrogens with one attached hydrogen (secondary N) is 1. The van der Waals surface area contributed by atoms with Gasteiger partial charge in [0.05, 0.1) is 5.56 Å². The summed E-state index contributed by atoms with van der Waals surface area (Å²) in [6.07, 6.45) is 0. The van der Waals surface area contributed by atoms with E-state index in [9.17, 15) is 22.8 Å². The highest BCUT2D eigenvalue weighted by Gasteiger charge is 2.43. The normalized spacial score (nSPS) is 15.4. The maximum Gasteiger partial charge on any atom is 0.269 e. The predicted molar refractivity (Wildman–Crippen MR) is 110 cm³/mol. The Bertz CT molecular complexity index is 1070. The molecule has 3 amide bonds. The van der Waals surface area contributed by atoms with E-state index in [1.807, 2.05) is 6.07 Å². The monoisotopic (exact) mass is 429 g/mol. The van der Waals surface area contributed by atoms with Gasteiger partial charge in [0.2, 0.25) is 11.8 Å². The van der Waals surface area contributed by atoms with Gasteiger partial charge in [0.15, 0.2) is 0 Å². The summed E-state index contributed by atoms with van der Waals surface area (Å²) in [7, 11) is -4.12. The van der Waals surface area contributed by atoms with Crippen molar-refractivity contribution in [2.45, 2.75) is 31.3 Å². The van der Waals surface area contributed by atoms with Gasteiger partial charge in [0, 0.05) is 13.1 Å². The van der Waals surface area contributed by atoms with Crippen LogP contribution in [0.4, 0.5) is 0 Å². The van der Waals surface area contributed by atoms with Crippen molar-refractivity contribution in [3.63, 3.8) is 0 Å². The molecule has 1 unspecified atom stereocenters. The molecule has 0 fully saturated rings. The van der Waals surface area contributed by atoms with E-state index in [1.54, 1.807) is 44.2 Å². The van der Waals surface area contributed by atoms with Crippen molar-refractivity contribution < 1.29 is 22.8 Å². The first-order valence-electron chi connectivity index (χ1n) is 9.54. The molecule has 0 saturated carbocycles. The fraction of sp³-hybridized carbons (Fsp3) is 0.286. The fourth-order valence-corrected chi connectivity index (χ4v) is 4.80. The molecule has 0 radical (unpaired) electrons. The van der Waals surface area contributed by atoms with Gasteiger partial charge in [0.1, 0.15) is 17.5 Å². The zero-order valence-electron chi connectivity index (χ0n) is 16.7. The molecule has 1 N–H and O–H groups in total. The minimum Gasteiger partial charge on any atom is -0.355 e. The van der Waals surface area contributed by atoms with E-state index in [4.69, 9.17) is 0 Å². The Morgan fingerprint density at radius 3 is 2.33 bits per heavy atom. The average molecular weight is 429 g/mol. The maximum atomic E-state index is 13.1. The van der Waals surface area contributed by atoms with Crippen molar-refractivity contribution in [1.82, 2.24) is 14.5 Å². The summed E-state index contributed by atoms with van der Waals surface area (Å²) in [5, 5.41) is 2.67. The van der Waals surface area contributed by atoms with Crippen molar-refractivity contribution in [1.29, 1.82) is 0 Å². The fourth-order valence-electron chi connectivity index (χ4n) is 3.29. The lowest BCUT2D eigenvalue weighted by atomic mass is 10.1. The third kappa shape index (κ3) is 4.06. The third-order valence-corrected chi connectivity index (χ3v) is 6.69. The molecular weight excluding hydrogens is 406 g/mol. The van der Waals surface area contributed by atoms with Gasteiger partial charge in [-0.15, -0.1) is 0 Å². The number of sulfonamides is 1. The molecule has 8 nitrogen and oxygen atoms in total. The summed E-state index contributed by atoms with van der Waals surface area (Å²) in [4.78, 5) is 39.3. The number of hydrogen-bond acceptors (Lipinski definition) is 5. The van der Waals surface area contributed by atoms with Gasteiger partial charge in [0.25, 0.3) is 15.9 Å². The van der Waals surface area contributed by atoms with E-state index in [2.05, 4.69) is 5.32 Å². The average Bonchev–Trinajstić information content (AvgIpc) is 2.93. The molecule has 1 heterocycles. The van der Waals surface area contributed by atoms with Crippen LogP contribution >= 0.6 is 0 Å². The van der Waals surface area contributed by atoms with Crippen molar-refractivity contribution in [2.75, 3.05) is 13.1 Å². The second kappa shape index (κ2) is 8.66. The van der Waals surface area contributed by atoms with Crippen molar-refractivity contribution in [3.05, 3.63) is 65.7 Å². The Hall–Kier alpha value is -3.20. The zero-order valence-corrected chi connectivity index (χ0v) is 17.6.